The molecule has 3 heterocycles. The molecular weight excluding hydrogens is 432 g/mol. The van der Waals surface area contributed by atoms with Crippen LogP contribution in [-0.2, 0) is 12.8 Å². The lowest BCUT2D eigenvalue weighted by Crippen LogP contribution is -2.47. The highest BCUT2D eigenvalue weighted by atomic mass is 32.2. The molecule has 1 aliphatic heterocycles. The van der Waals surface area contributed by atoms with Crippen molar-refractivity contribution in [1.29, 1.82) is 0 Å². The first-order valence-corrected chi connectivity index (χ1v) is 12.9. The van der Waals surface area contributed by atoms with E-state index in [0.29, 0.717) is 5.16 Å². The van der Waals surface area contributed by atoms with Gasteiger partial charge in [-0.05, 0) is 63.3 Å². The minimum absolute atomic E-state index is 0.0594. The van der Waals surface area contributed by atoms with Crippen LogP contribution in [-0.4, -0.2) is 58.0 Å². The summed E-state index contributed by atoms with van der Waals surface area (Å²) in [6.45, 7) is 7.28. The van der Waals surface area contributed by atoms with Crippen LogP contribution in [0, 0.1) is 6.92 Å². The number of anilines is 1. The molecule has 33 heavy (non-hydrogen) atoms. The Balaban J connectivity index is 1.12. The molecule has 0 radical (unpaired) electrons. The van der Waals surface area contributed by atoms with Crippen LogP contribution in [0.1, 0.15) is 36.1 Å². The number of benzene rings is 1. The van der Waals surface area contributed by atoms with Crippen LogP contribution in [0.15, 0.2) is 40.3 Å². The number of nitrogen functional groups attached to an aromatic ring is 1. The Bertz CT molecular complexity index is 1200. The maximum absolute atomic E-state index is 12.5. The van der Waals surface area contributed by atoms with Gasteiger partial charge < -0.3 is 10.7 Å². The zero-order valence-electron chi connectivity index (χ0n) is 19.3. The molecule has 1 fully saturated rings. The first-order valence-electron chi connectivity index (χ1n) is 12.0. The fraction of sp³-hybridized carbons (Fsp3) is 0.480. The van der Waals surface area contributed by atoms with E-state index in [2.05, 4.69) is 47.1 Å². The summed E-state index contributed by atoms with van der Waals surface area (Å²) < 4.78 is 1.26. The summed E-state index contributed by atoms with van der Waals surface area (Å²) in [6.07, 6.45) is 4.92. The van der Waals surface area contributed by atoms with Crippen molar-refractivity contribution in [3.63, 3.8) is 0 Å². The fourth-order valence-electron chi connectivity index (χ4n) is 4.89. The Morgan fingerprint density at radius 2 is 1.85 bits per heavy atom. The van der Waals surface area contributed by atoms with Gasteiger partial charge in [-0.25, -0.2) is 14.6 Å². The number of nitrogens with two attached hydrogens (primary N) is 1. The molecule has 1 saturated heterocycles. The van der Waals surface area contributed by atoms with E-state index >= 15 is 0 Å². The summed E-state index contributed by atoms with van der Waals surface area (Å²) in [4.78, 5) is 27.0. The third kappa shape index (κ3) is 4.73. The second-order valence-corrected chi connectivity index (χ2v) is 10.1. The lowest BCUT2D eigenvalue weighted by molar-refractivity contribution is 0.258. The van der Waals surface area contributed by atoms with E-state index in [0.717, 1.165) is 93.2 Å². The van der Waals surface area contributed by atoms with Crippen molar-refractivity contribution in [3.05, 3.63) is 57.5 Å². The van der Waals surface area contributed by atoms with Crippen LogP contribution in [0.4, 0.5) is 5.82 Å². The average molecular weight is 465 g/mol. The molecule has 3 aromatic rings. The number of aromatic nitrogens is 3. The molecule has 7 nitrogen and oxygen atoms in total. The monoisotopic (exact) mass is 464 g/mol. The third-order valence-corrected chi connectivity index (χ3v) is 7.85. The summed E-state index contributed by atoms with van der Waals surface area (Å²) in [5.41, 5.74) is 4.08. The van der Waals surface area contributed by atoms with E-state index in [4.69, 9.17) is 15.8 Å². The van der Waals surface area contributed by atoms with Crippen molar-refractivity contribution >= 4 is 28.5 Å². The van der Waals surface area contributed by atoms with Gasteiger partial charge in [-0.15, -0.1) is 0 Å². The maximum Gasteiger partial charge on any atom is 0.276 e. The van der Waals surface area contributed by atoms with Crippen LogP contribution < -0.4 is 16.3 Å². The Morgan fingerprint density at radius 1 is 1.06 bits per heavy atom. The first-order chi connectivity index (χ1) is 16.1. The first kappa shape index (κ1) is 22.2. The van der Waals surface area contributed by atoms with Crippen LogP contribution in [0.5, 0.6) is 0 Å². The summed E-state index contributed by atoms with van der Waals surface area (Å²) in [5.74, 6) is 8.04. The van der Waals surface area contributed by atoms with E-state index in [-0.39, 0.29) is 5.56 Å². The lowest BCUT2D eigenvalue weighted by atomic mass is 9.97. The van der Waals surface area contributed by atoms with E-state index < -0.39 is 0 Å². The van der Waals surface area contributed by atoms with Gasteiger partial charge in [0.15, 0.2) is 5.16 Å². The van der Waals surface area contributed by atoms with Crippen LogP contribution in [0.2, 0.25) is 0 Å². The van der Waals surface area contributed by atoms with E-state index in [9.17, 15) is 4.79 Å². The molecule has 2 aliphatic rings. The van der Waals surface area contributed by atoms with Gasteiger partial charge >= 0.3 is 0 Å². The Hall–Kier alpha value is -2.58. The Morgan fingerprint density at radius 3 is 2.70 bits per heavy atom. The number of fused-ring (bicyclic) bond motifs is 2. The molecule has 0 unspecified atom stereocenters. The molecule has 0 spiro atoms. The highest BCUT2D eigenvalue weighted by Crippen LogP contribution is 2.24. The van der Waals surface area contributed by atoms with Gasteiger partial charge in [0.05, 0.1) is 11.2 Å². The Labute approximate surface area is 199 Å². The molecule has 1 aliphatic carbocycles. The summed E-state index contributed by atoms with van der Waals surface area (Å²) in [5, 5.41) is 1.89. The molecule has 5 rings (SSSR count). The molecule has 0 saturated carbocycles. The maximum atomic E-state index is 12.5. The molecule has 0 atom stereocenters. The second kappa shape index (κ2) is 9.73. The number of hydrogen-bond donors (Lipinski definition) is 1. The molecule has 2 aromatic heterocycles. The largest absolute Gasteiger partial charge is 0.354 e. The number of thioether (sulfide) groups is 1. The number of piperazine rings is 1. The van der Waals surface area contributed by atoms with E-state index in [1.807, 2.05) is 0 Å². The van der Waals surface area contributed by atoms with Gasteiger partial charge in [-0.3, -0.25) is 9.69 Å². The van der Waals surface area contributed by atoms with Crippen LogP contribution >= 0.6 is 11.8 Å². The molecule has 8 heteroatoms. The number of nitrogens with zero attached hydrogens (tertiary/aromatic N) is 5. The quantitative estimate of drug-likeness (QED) is 0.260. The number of hydrogen-bond acceptors (Lipinski definition) is 7. The highest BCUT2D eigenvalue weighted by Gasteiger charge is 2.20. The zero-order valence-corrected chi connectivity index (χ0v) is 20.1. The average Bonchev–Trinajstić information content (AvgIpc) is 2.85. The topological polar surface area (TPSA) is 80.3 Å². The van der Waals surface area contributed by atoms with Gasteiger partial charge in [-0.1, -0.05) is 30.0 Å². The second-order valence-electron chi connectivity index (χ2n) is 9.05. The minimum atomic E-state index is -0.0594. The van der Waals surface area contributed by atoms with Crippen LogP contribution in [0.3, 0.4) is 0 Å². The summed E-state index contributed by atoms with van der Waals surface area (Å²) in [6, 6.07) is 10.6. The summed E-state index contributed by atoms with van der Waals surface area (Å²) >= 11 is 1.60. The normalized spacial score (nSPS) is 16.8. The van der Waals surface area contributed by atoms with Gasteiger partial charge in [0.1, 0.15) is 5.82 Å². The molecule has 0 bridgehead atoms. The molecule has 174 valence electrons. The number of aryl methyl sites for hydroxylation is 2. The predicted molar refractivity (Wildman–Crippen MR) is 136 cm³/mol. The smallest absolute Gasteiger partial charge is 0.276 e. The molecule has 1 aromatic carbocycles. The minimum Gasteiger partial charge on any atom is -0.354 e. The van der Waals surface area contributed by atoms with Gasteiger partial charge in [0.25, 0.3) is 5.56 Å². The number of rotatable bonds is 6. The van der Waals surface area contributed by atoms with Crippen molar-refractivity contribution < 1.29 is 0 Å². The predicted octanol–water partition coefficient (Wildman–Crippen LogP) is 3.00. The molecule has 0 amide bonds. The number of para-hydroxylation sites is 1. The molecular formula is C25H32N6OS. The zero-order chi connectivity index (χ0) is 22.8. The van der Waals surface area contributed by atoms with E-state index in [1.165, 1.54) is 15.6 Å². The fourth-order valence-corrected chi connectivity index (χ4v) is 5.75. The standard InChI is InChI=1S/C25H32N6OS/c1-18-17-23(27-21-9-4-2-7-19(18)21)30-14-12-29(13-15-30)11-6-16-33-25-28-22-10-5-3-8-20(22)24(32)31(25)26/h2,4,7,9,17H,3,5-6,8,10-16,26H2,1H3. The third-order valence-electron chi connectivity index (χ3n) is 6.81. The highest BCUT2D eigenvalue weighted by molar-refractivity contribution is 7.99. The van der Waals surface area contributed by atoms with Gasteiger partial charge in [-0.2, -0.15) is 0 Å². The SMILES string of the molecule is Cc1cc(N2CCN(CCCSc3nc4c(c(=O)n3N)CCCC4)CC2)nc2ccccc12. The van der Waals surface area contributed by atoms with E-state index in [1.54, 1.807) is 11.8 Å². The van der Waals surface area contributed by atoms with Crippen molar-refractivity contribution in [3.8, 4) is 0 Å². The van der Waals surface area contributed by atoms with Gasteiger partial charge in [0.2, 0.25) is 0 Å². The van der Waals surface area contributed by atoms with Crippen molar-refractivity contribution in [2.45, 2.75) is 44.2 Å². The molecule has 2 N–H and O–H groups in total. The van der Waals surface area contributed by atoms with Crippen LogP contribution in [0.25, 0.3) is 10.9 Å². The van der Waals surface area contributed by atoms with Crippen molar-refractivity contribution in [2.24, 2.45) is 0 Å². The van der Waals surface area contributed by atoms with Crippen molar-refractivity contribution in [2.75, 3.05) is 49.2 Å². The lowest BCUT2D eigenvalue weighted by Gasteiger charge is -2.35. The number of pyridine rings is 1. The summed E-state index contributed by atoms with van der Waals surface area (Å²) in [7, 11) is 0. The van der Waals surface area contributed by atoms with Crippen molar-refractivity contribution in [1.82, 2.24) is 19.5 Å². The Kier molecular flexibility index (Phi) is 6.55. The van der Waals surface area contributed by atoms with Gasteiger partial charge in [0, 0.05) is 42.9 Å².